The first kappa shape index (κ1) is 19.8. The minimum absolute atomic E-state index is 0.0529. The van der Waals surface area contributed by atoms with Gasteiger partial charge in [-0.15, -0.1) is 0 Å². The van der Waals surface area contributed by atoms with Crippen molar-refractivity contribution in [3.05, 3.63) is 84.2 Å². The zero-order valence-electron chi connectivity index (χ0n) is 16.1. The summed E-state index contributed by atoms with van der Waals surface area (Å²) >= 11 is 1.43. The van der Waals surface area contributed by atoms with E-state index < -0.39 is 0 Å². The first-order valence-electron chi connectivity index (χ1n) is 9.61. The molecular weight excluding hydrogens is 396 g/mol. The maximum Gasteiger partial charge on any atom is 0.251 e. The van der Waals surface area contributed by atoms with Crippen molar-refractivity contribution >= 4 is 35.3 Å². The summed E-state index contributed by atoms with van der Waals surface area (Å²) in [5.74, 6) is -0.298. The number of carbonyl (C=O) groups is 2. The molecule has 1 aliphatic carbocycles. The molecule has 0 bridgehead atoms. The summed E-state index contributed by atoms with van der Waals surface area (Å²) in [4.78, 5) is 32.8. The fourth-order valence-electron chi connectivity index (χ4n) is 2.66. The molecule has 30 heavy (non-hydrogen) atoms. The van der Waals surface area contributed by atoms with Crippen LogP contribution in [0.25, 0.3) is 6.08 Å². The van der Waals surface area contributed by atoms with Gasteiger partial charge in [-0.1, -0.05) is 30.0 Å². The lowest BCUT2D eigenvalue weighted by atomic mass is 10.1. The van der Waals surface area contributed by atoms with Gasteiger partial charge in [0.25, 0.3) is 5.91 Å². The van der Waals surface area contributed by atoms with E-state index in [0.717, 1.165) is 28.5 Å². The number of benzene rings is 1. The molecule has 2 N–H and O–H groups in total. The third-order valence-corrected chi connectivity index (χ3v) is 5.24. The lowest BCUT2D eigenvalue weighted by Gasteiger charge is -2.05. The van der Waals surface area contributed by atoms with E-state index in [0.29, 0.717) is 17.3 Å². The van der Waals surface area contributed by atoms with Crippen LogP contribution in [0.4, 0.5) is 5.69 Å². The molecule has 1 aromatic carbocycles. The zero-order chi connectivity index (χ0) is 20.8. The number of nitrogens with zero attached hydrogens (tertiary/aromatic N) is 2. The third-order valence-electron chi connectivity index (χ3n) is 4.36. The predicted molar refractivity (Wildman–Crippen MR) is 117 cm³/mol. The summed E-state index contributed by atoms with van der Waals surface area (Å²) in [6.45, 7) is 0. The highest BCUT2D eigenvalue weighted by molar-refractivity contribution is 7.99. The molecule has 0 spiro atoms. The molecule has 0 aliphatic heterocycles. The van der Waals surface area contributed by atoms with Gasteiger partial charge in [-0.25, -0.2) is 9.97 Å². The molecule has 6 nitrogen and oxygen atoms in total. The number of amides is 2. The minimum atomic E-state index is -0.245. The van der Waals surface area contributed by atoms with E-state index in [-0.39, 0.29) is 11.8 Å². The topological polar surface area (TPSA) is 84.0 Å². The Kier molecular flexibility index (Phi) is 6.20. The highest BCUT2D eigenvalue weighted by Crippen LogP contribution is 2.25. The number of hydrogen-bond acceptors (Lipinski definition) is 5. The maximum atomic E-state index is 12.3. The Labute approximate surface area is 178 Å². The second-order valence-electron chi connectivity index (χ2n) is 6.85. The van der Waals surface area contributed by atoms with E-state index in [1.165, 1.54) is 17.8 Å². The van der Waals surface area contributed by atoms with E-state index in [4.69, 9.17) is 0 Å². The molecule has 1 aliphatic rings. The molecule has 1 saturated carbocycles. The number of rotatable bonds is 7. The first-order chi connectivity index (χ1) is 14.7. The molecule has 2 heterocycles. The molecule has 150 valence electrons. The molecule has 2 aromatic heterocycles. The van der Waals surface area contributed by atoms with Crippen molar-refractivity contribution in [2.75, 3.05) is 5.32 Å². The van der Waals surface area contributed by atoms with Crippen LogP contribution in [-0.2, 0) is 4.79 Å². The molecule has 4 rings (SSSR count). The quantitative estimate of drug-likeness (QED) is 0.565. The van der Waals surface area contributed by atoms with Crippen LogP contribution in [0, 0.1) is 0 Å². The maximum absolute atomic E-state index is 12.3. The molecule has 0 saturated heterocycles. The molecule has 1 fully saturated rings. The highest BCUT2D eigenvalue weighted by atomic mass is 32.2. The van der Waals surface area contributed by atoms with E-state index in [2.05, 4.69) is 20.6 Å². The summed E-state index contributed by atoms with van der Waals surface area (Å²) in [7, 11) is 0. The smallest absolute Gasteiger partial charge is 0.251 e. The fraction of sp³-hybridized carbons (Fsp3) is 0.130. The van der Waals surface area contributed by atoms with Crippen molar-refractivity contribution in [2.24, 2.45) is 0 Å². The van der Waals surface area contributed by atoms with Gasteiger partial charge in [0.2, 0.25) is 5.91 Å². The van der Waals surface area contributed by atoms with Crippen LogP contribution in [0.3, 0.4) is 0 Å². The molecular formula is C23H20N4O2S. The van der Waals surface area contributed by atoms with Gasteiger partial charge in [-0.05, 0) is 60.9 Å². The van der Waals surface area contributed by atoms with Crippen molar-refractivity contribution in [1.29, 1.82) is 0 Å². The van der Waals surface area contributed by atoms with E-state index in [1.54, 1.807) is 42.7 Å². The summed E-state index contributed by atoms with van der Waals surface area (Å²) in [6.07, 6.45) is 8.67. The first-order valence-corrected chi connectivity index (χ1v) is 10.4. The number of carbonyl (C=O) groups excluding carboxylic acids is 2. The minimum Gasteiger partial charge on any atom is -0.349 e. The largest absolute Gasteiger partial charge is 0.349 e. The molecule has 2 amide bonds. The van der Waals surface area contributed by atoms with Crippen molar-refractivity contribution < 1.29 is 9.59 Å². The number of anilines is 1. The summed E-state index contributed by atoms with van der Waals surface area (Å²) in [5, 5.41) is 7.37. The molecule has 0 unspecified atom stereocenters. The number of pyridine rings is 2. The van der Waals surface area contributed by atoms with Gasteiger partial charge in [0.1, 0.15) is 10.1 Å². The van der Waals surface area contributed by atoms with Crippen molar-refractivity contribution in [1.82, 2.24) is 15.3 Å². The van der Waals surface area contributed by atoms with Gasteiger partial charge in [0.05, 0.1) is 0 Å². The third kappa shape index (κ3) is 5.78. The number of hydrogen-bond donors (Lipinski definition) is 2. The Morgan fingerprint density at radius 3 is 2.50 bits per heavy atom. The van der Waals surface area contributed by atoms with Gasteiger partial charge in [-0.2, -0.15) is 0 Å². The van der Waals surface area contributed by atoms with Gasteiger partial charge in [0, 0.05) is 35.8 Å². The normalized spacial score (nSPS) is 13.2. The Morgan fingerprint density at radius 2 is 1.77 bits per heavy atom. The van der Waals surface area contributed by atoms with Crippen LogP contribution in [0.1, 0.15) is 28.8 Å². The Morgan fingerprint density at radius 1 is 0.967 bits per heavy atom. The average Bonchev–Trinajstić information content (AvgIpc) is 3.58. The average molecular weight is 417 g/mol. The Balaban J connectivity index is 1.33. The standard InChI is InChI=1S/C23H20N4O2S/c28-20(11-6-16-4-7-17(8-5-16)23(29)27-18-9-10-18)26-19-12-14-25-22(15-19)30-21-3-1-2-13-24-21/h1-8,11-15,18H,9-10H2,(H,27,29)(H,25,26,28)/b11-6+. The van der Waals surface area contributed by atoms with Crippen LogP contribution < -0.4 is 10.6 Å². The second kappa shape index (κ2) is 9.37. The monoisotopic (exact) mass is 416 g/mol. The lowest BCUT2D eigenvalue weighted by molar-refractivity contribution is -0.111. The van der Waals surface area contributed by atoms with E-state index in [9.17, 15) is 9.59 Å². The molecule has 7 heteroatoms. The van der Waals surface area contributed by atoms with E-state index in [1.807, 2.05) is 30.3 Å². The molecule has 0 radical (unpaired) electrons. The lowest BCUT2D eigenvalue weighted by Crippen LogP contribution is -2.25. The van der Waals surface area contributed by atoms with Crippen molar-refractivity contribution in [3.8, 4) is 0 Å². The van der Waals surface area contributed by atoms with Gasteiger partial charge >= 0.3 is 0 Å². The van der Waals surface area contributed by atoms with Crippen LogP contribution in [-0.4, -0.2) is 27.8 Å². The van der Waals surface area contributed by atoms with E-state index >= 15 is 0 Å². The van der Waals surface area contributed by atoms with Crippen molar-refractivity contribution in [2.45, 2.75) is 28.9 Å². The number of aromatic nitrogens is 2. The summed E-state index contributed by atoms with van der Waals surface area (Å²) in [5.41, 5.74) is 2.12. The van der Waals surface area contributed by atoms with Crippen molar-refractivity contribution in [3.63, 3.8) is 0 Å². The van der Waals surface area contributed by atoms with Crippen LogP contribution >= 0.6 is 11.8 Å². The fourth-order valence-corrected chi connectivity index (χ4v) is 3.43. The van der Waals surface area contributed by atoms with Gasteiger partial charge < -0.3 is 10.6 Å². The van der Waals surface area contributed by atoms with Crippen LogP contribution in [0.2, 0.25) is 0 Å². The zero-order valence-corrected chi connectivity index (χ0v) is 16.9. The SMILES string of the molecule is O=C(/C=C/c1ccc(C(=O)NC2CC2)cc1)Nc1ccnc(Sc2ccccn2)c1. The predicted octanol–water partition coefficient (Wildman–Crippen LogP) is 4.17. The van der Waals surface area contributed by atoms with Gasteiger partial charge in [-0.3, -0.25) is 9.59 Å². The highest BCUT2D eigenvalue weighted by Gasteiger charge is 2.23. The molecule has 3 aromatic rings. The Bertz CT molecular complexity index is 1060. The van der Waals surface area contributed by atoms with Gasteiger partial charge in [0.15, 0.2) is 0 Å². The van der Waals surface area contributed by atoms with Crippen LogP contribution in [0.15, 0.2) is 83.1 Å². The summed E-state index contributed by atoms with van der Waals surface area (Å²) in [6, 6.07) is 16.7. The second-order valence-corrected chi connectivity index (χ2v) is 7.89. The van der Waals surface area contributed by atoms with Crippen LogP contribution in [0.5, 0.6) is 0 Å². The Hall–Kier alpha value is -3.45. The molecule has 0 atom stereocenters. The summed E-state index contributed by atoms with van der Waals surface area (Å²) < 4.78 is 0. The number of nitrogens with one attached hydrogen (secondary N) is 2.